The highest BCUT2D eigenvalue weighted by Gasteiger charge is 2.76. The first-order valence-electron chi connectivity index (χ1n) is 8.17. The van der Waals surface area contributed by atoms with Gasteiger partial charge >= 0.3 is 5.97 Å². The van der Waals surface area contributed by atoms with E-state index in [0.29, 0.717) is 5.56 Å². The first-order valence-corrected chi connectivity index (χ1v) is 8.17. The summed E-state index contributed by atoms with van der Waals surface area (Å²) < 4.78 is 11.8. The van der Waals surface area contributed by atoms with Crippen LogP contribution >= 0.6 is 0 Å². The summed E-state index contributed by atoms with van der Waals surface area (Å²) in [6.07, 6.45) is 1.17. The summed E-state index contributed by atoms with van der Waals surface area (Å²) in [5.41, 5.74) is 0.343. The minimum atomic E-state index is -0.593. The molecule has 0 N–H and O–H groups in total. The lowest BCUT2D eigenvalue weighted by Crippen LogP contribution is -2.31. The van der Waals surface area contributed by atoms with Crippen molar-refractivity contribution in [3.8, 4) is 0 Å². The number of hydrogen-bond donors (Lipinski definition) is 0. The molecule has 4 rings (SSSR count). The van der Waals surface area contributed by atoms with Gasteiger partial charge in [-0.3, -0.25) is 10.1 Å². The number of nitro benzene ring substituents is 1. The Morgan fingerprint density at radius 3 is 2.48 bits per heavy atom. The Kier molecular flexibility index (Phi) is 3.40. The highest BCUT2D eigenvalue weighted by molar-refractivity contribution is 5.89. The minimum Gasteiger partial charge on any atom is -0.455 e. The average Bonchev–Trinajstić information content (AvgIpc) is 3.17. The fourth-order valence-electron chi connectivity index (χ4n) is 3.88. The van der Waals surface area contributed by atoms with Crippen LogP contribution in [0.25, 0.3) is 0 Å². The molecule has 1 saturated carbocycles. The Bertz CT molecular complexity index is 835. The van der Waals surface area contributed by atoms with Gasteiger partial charge in [0.05, 0.1) is 10.5 Å². The molecule has 6 heteroatoms. The van der Waals surface area contributed by atoms with E-state index >= 15 is 0 Å². The predicted octanol–water partition coefficient (Wildman–Crippen LogP) is 3.60. The fraction of sp³-hybridized carbons (Fsp3) is 0.316. The number of rotatable bonds is 4. The summed E-state index contributed by atoms with van der Waals surface area (Å²) in [6, 6.07) is 15.2. The van der Waals surface area contributed by atoms with Gasteiger partial charge in [0, 0.05) is 12.1 Å². The Balaban J connectivity index is 1.56. The van der Waals surface area contributed by atoms with E-state index in [1.807, 2.05) is 37.3 Å². The second-order valence-corrected chi connectivity index (χ2v) is 6.67. The van der Waals surface area contributed by atoms with Crippen LogP contribution in [0.4, 0.5) is 5.69 Å². The Morgan fingerprint density at radius 2 is 1.88 bits per heavy atom. The van der Waals surface area contributed by atoms with Crippen LogP contribution in [0.5, 0.6) is 0 Å². The van der Waals surface area contributed by atoms with Crippen LogP contribution < -0.4 is 0 Å². The molecule has 1 aliphatic heterocycles. The Labute approximate surface area is 144 Å². The van der Waals surface area contributed by atoms with Gasteiger partial charge in [-0.15, -0.1) is 0 Å². The summed E-state index contributed by atoms with van der Waals surface area (Å²) in [7, 11) is 0. The maximum Gasteiger partial charge on any atom is 0.338 e. The quantitative estimate of drug-likeness (QED) is 0.368. The maximum absolute atomic E-state index is 12.5. The van der Waals surface area contributed by atoms with Crippen LogP contribution in [0, 0.1) is 10.1 Å². The fourth-order valence-corrected chi connectivity index (χ4v) is 3.88. The lowest BCUT2D eigenvalue weighted by molar-refractivity contribution is -0.384. The monoisotopic (exact) mass is 339 g/mol. The number of ether oxygens (including phenoxy) is 2. The van der Waals surface area contributed by atoms with Crippen molar-refractivity contribution in [1.82, 2.24) is 0 Å². The number of nitrogens with zero attached hydrogens (tertiary/aromatic N) is 1. The molecule has 2 aromatic rings. The van der Waals surface area contributed by atoms with Gasteiger partial charge in [-0.25, -0.2) is 4.79 Å². The Morgan fingerprint density at radius 1 is 1.20 bits per heavy atom. The van der Waals surface area contributed by atoms with Crippen LogP contribution in [-0.4, -0.2) is 22.6 Å². The van der Waals surface area contributed by atoms with Crippen molar-refractivity contribution in [1.29, 1.82) is 0 Å². The lowest BCUT2D eigenvalue weighted by Gasteiger charge is -2.21. The molecule has 0 amide bonds. The number of fused-ring (bicyclic) bond motifs is 1. The van der Waals surface area contributed by atoms with Gasteiger partial charge in [0.1, 0.15) is 11.7 Å². The van der Waals surface area contributed by atoms with Crippen LogP contribution in [0.2, 0.25) is 0 Å². The molecule has 128 valence electrons. The van der Waals surface area contributed by atoms with Crippen molar-refractivity contribution in [3.63, 3.8) is 0 Å². The van der Waals surface area contributed by atoms with E-state index in [4.69, 9.17) is 9.47 Å². The standard InChI is InChI=1S/C19H17NO5/c1-18-12-11-16(19(18,25-18)14-5-3-2-4-6-14)24-17(21)13-7-9-15(10-8-13)20(22)23/h2-10,16H,11-12H2,1H3/t16-,18+,19-/m1/s1. The van der Waals surface area contributed by atoms with Crippen LogP contribution in [-0.2, 0) is 15.1 Å². The third kappa shape index (κ3) is 2.33. The van der Waals surface area contributed by atoms with Gasteiger partial charge in [0.25, 0.3) is 5.69 Å². The average molecular weight is 339 g/mol. The zero-order chi connectivity index (χ0) is 17.7. The molecule has 1 heterocycles. The summed E-state index contributed by atoms with van der Waals surface area (Å²) in [5.74, 6) is -0.491. The van der Waals surface area contributed by atoms with Crippen molar-refractivity contribution in [2.24, 2.45) is 0 Å². The van der Waals surface area contributed by atoms with E-state index in [2.05, 4.69) is 0 Å². The second kappa shape index (κ2) is 5.39. The summed E-state index contributed by atoms with van der Waals surface area (Å²) >= 11 is 0. The number of hydrogen-bond acceptors (Lipinski definition) is 5. The number of benzene rings is 2. The predicted molar refractivity (Wildman–Crippen MR) is 89.1 cm³/mol. The number of non-ortho nitro benzene ring substituents is 1. The van der Waals surface area contributed by atoms with E-state index in [1.165, 1.54) is 24.3 Å². The van der Waals surface area contributed by atoms with E-state index < -0.39 is 16.5 Å². The first kappa shape index (κ1) is 15.8. The topological polar surface area (TPSA) is 82.0 Å². The maximum atomic E-state index is 12.5. The normalized spacial score (nSPS) is 29.7. The van der Waals surface area contributed by atoms with Crippen molar-refractivity contribution in [2.45, 2.75) is 37.1 Å². The van der Waals surface area contributed by atoms with E-state index in [0.717, 1.165) is 18.4 Å². The SMILES string of the molecule is C[C@]12CC[C@@H](OC(=O)c3ccc([N+](=O)[O-])cc3)[C@@]1(c1ccccc1)O2. The third-order valence-electron chi connectivity index (χ3n) is 5.23. The smallest absolute Gasteiger partial charge is 0.338 e. The van der Waals surface area contributed by atoms with E-state index in [1.54, 1.807) is 0 Å². The van der Waals surface area contributed by atoms with Crippen LogP contribution in [0.3, 0.4) is 0 Å². The molecule has 2 aliphatic rings. The van der Waals surface area contributed by atoms with Crippen molar-refractivity contribution in [2.75, 3.05) is 0 Å². The second-order valence-electron chi connectivity index (χ2n) is 6.67. The zero-order valence-electron chi connectivity index (χ0n) is 13.7. The minimum absolute atomic E-state index is 0.0590. The molecule has 2 fully saturated rings. The highest BCUT2D eigenvalue weighted by Crippen LogP contribution is 2.66. The molecule has 0 spiro atoms. The molecule has 25 heavy (non-hydrogen) atoms. The molecule has 1 saturated heterocycles. The molecule has 0 radical (unpaired) electrons. The van der Waals surface area contributed by atoms with Gasteiger partial charge in [-0.05, 0) is 37.5 Å². The number of nitro groups is 1. The summed E-state index contributed by atoms with van der Waals surface area (Å²) in [5, 5.41) is 10.7. The molecule has 2 aromatic carbocycles. The highest BCUT2D eigenvalue weighted by atomic mass is 16.7. The third-order valence-corrected chi connectivity index (χ3v) is 5.23. The molecule has 0 aromatic heterocycles. The van der Waals surface area contributed by atoms with Crippen LogP contribution in [0.15, 0.2) is 54.6 Å². The number of carbonyl (C=O) groups is 1. The molecule has 1 aliphatic carbocycles. The van der Waals surface area contributed by atoms with E-state index in [9.17, 15) is 14.9 Å². The first-order chi connectivity index (χ1) is 12.0. The van der Waals surface area contributed by atoms with Gasteiger partial charge < -0.3 is 9.47 Å². The van der Waals surface area contributed by atoms with Crippen molar-refractivity contribution < 1.29 is 19.2 Å². The van der Waals surface area contributed by atoms with Crippen molar-refractivity contribution >= 4 is 11.7 Å². The molecule has 6 nitrogen and oxygen atoms in total. The largest absolute Gasteiger partial charge is 0.455 e. The lowest BCUT2D eigenvalue weighted by atomic mass is 9.88. The zero-order valence-corrected chi connectivity index (χ0v) is 13.7. The molecule has 0 bridgehead atoms. The number of esters is 1. The molecule has 0 unspecified atom stereocenters. The number of carbonyl (C=O) groups excluding carboxylic acids is 1. The van der Waals surface area contributed by atoms with Gasteiger partial charge in [-0.1, -0.05) is 30.3 Å². The van der Waals surface area contributed by atoms with Crippen molar-refractivity contribution in [3.05, 3.63) is 75.8 Å². The number of epoxide rings is 1. The van der Waals surface area contributed by atoms with Gasteiger partial charge in [-0.2, -0.15) is 0 Å². The molecular weight excluding hydrogens is 322 g/mol. The van der Waals surface area contributed by atoms with Gasteiger partial charge in [0.2, 0.25) is 0 Å². The Hall–Kier alpha value is -2.73. The summed E-state index contributed by atoms with van der Waals surface area (Å²) in [4.78, 5) is 22.7. The van der Waals surface area contributed by atoms with E-state index in [-0.39, 0.29) is 17.4 Å². The van der Waals surface area contributed by atoms with Gasteiger partial charge in [0.15, 0.2) is 5.60 Å². The molecule has 3 atom stereocenters. The molecular formula is C19H17NO5. The summed E-state index contributed by atoms with van der Waals surface area (Å²) in [6.45, 7) is 2.04. The van der Waals surface area contributed by atoms with Crippen LogP contribution in [0.1, 0.15) is 35.7 Å².